The first-order valence-electron chi connectivity index (χ1n) is 6.58. The van der Waals surface area contributed by atoms with Gasteiger partial charge in [0.05, 0.1) is 5.60 Å². The molecule has 18 heavy (non-hydrogen) atoms. The smallest absolute Gasteiger partial charge is 0.0635 e. The van der Waals surface area contributed by atoms with Crippen LogP contribution in [0.2, 0.25) is 5.02 Å². The van der Waals surface area contributed by atoms with Crippen LogP contribution >= 0.6 is 11.6 Å². The summed E-state index contributed by atoms with van der Waals surface area (Å²) in [6.07, 6.45) is 3.05. The molecule has 0 spiro atoms. The minimum atomic E-state index is -0.0763. The third-order valence-electron chi connectivity index (χ3n) is 3.92. The Morgan fingerprint density at radius 1 is 1.28 bits per heavy atom. The molecule has 2 rings (SSSR count). The number of hydrogen-bond acceptors (Lipinski definition) is 2. The number of ether oxygens (including phenoxy) is 1. The van der Waals surface area contributed by atoms with Crippen molar-refractivity contribution in [1.82, 2.24) is 0 Å². The second kappa shape index (κ2) is 5.20. The molecule has 2 nitrogen and oxygen atoms in total. The van der Waals surface area contributed by atoms with Crippen LogP contribution in [0.3, 0.4) is 0 Å². The molecule has 1 aromatic carbocycles. The van der Waals surface area contributed by atoms with Crippen LogP contribution < -0.4 is 5.73 Å². The van der Waals surface area contributed by atoms with Gasteiger partial charge in [-0.25, -0.2) is 0 Å². The van der Waals surface area contributed by atoms with Gasteiger partial charge < -0.3 is 10.5 Å². The van der Waals surface area contributed by atoms with Crippen molar-refractivity contribution < 1.29 is 4.74 Å². The van der Waals surface area contributed by atoms with Crippen molar-refractivity contribution in [3.05, 3.63) is 34.9 Å². The third kappa shape index (κ3) is 2.87. The monoisotopic (exact) mass is 267 g/mol. The number of benzene rings is 1. The van der Waals surface area contributed by atoms with Gasteiger partial charge in [0.15, 0.2) is 0 Å². The average molecular weight is 268 g/mol. The molecule has 1 aromatic rings. The Labute approximate surface area is 114 Å². The second-order valence-electron chi connectivity index (χ2n) is 5.86. The van der Waals surface area contributed by atoms with Gasteiger partial charge in [-0.1, -0.05) is 23.7 Å². The Bertz CT molecular complexity index is 397. The van der Waals surface area contributed by atoms with E-state index in [0.717, 1.165) is 30.9 Å². The number of halogens is 1. The van der Waals surface area contributed by atoms with Crippen LogP contribution in [0.1, 0.15) is 38.7 Å². The summed E-state index contributed by atoms with van der Waals surface area (Å²) in [6, 6.07) is 8.22. The van der Waals surface area contributed by atoms with Gasteiger partial charge in [0.2, 0.25) is 0 Å². The SMILES string of the molecule is CC1(C)C[C@@](CCN)(c2ccc(Cl)cc2)CCO1. The first kappa shape index (κ1) is 13.9. The van der Waals surface area contributed by atoms with Gasteiger partial charge in [0.1, 0.15) is 0 Å². The molecule has 0 saturated carbocycles. The van der Waals surface area contributed by atoms with Crippen molar-refractivity contribution in [2.45, 2.75) is 44.1 Å². The summed E-state index contributed by atoms with van der Waals surface area (Å²) in [5.41, 5.74) is 7.24. The van der Waals surface area contributed by atoms with E-state index in [0.29, 0.717) is 6.54 Å². The van der Waals surface area contributed by atoms with E-state index in [1.807, 2.05) is 12.1 Å². The van der Waals surface area contributed by atoms with E-state index in [2.05, 4.69) is 26.0 Å². The number of hydrogen-bond donors (Lipinski definition) is 1. The highest BCUT2D eigenvalue weighted by Gasteiger charge is 2.41. The Morgan fingerprint density at radius 2 is 1.94 bits per heavy atom. The predicted octanol–water partition coefficient (Wildman–Crippen LogP) is 3.52. The summed E-state index contributed by atoms with van der Waals surface area (Å²) in [5.74, 6) is 0. The zero-order valence-electron chi connectivity index (χ0n) is 11.2. The molecule has 0 bridgehead atoms. The molecule has 0 aromatic heterocycles. The molecule has 1 heterocycles. The Balaban J connectivity index is 2.34. The van der Waals surface area contributed by atoms with Crippen LogP contribution in [0.25, 0.3) is 0 Å². The first-order valence-corrected chi connectivity index (χ1v) is 6.95. The van der Waals surface area contributed by atoms with Crippen LogP contribution in [0, 0.1) is 0 Å². The van der Waals surface area contributed by atoms with E-state index in [4.69, 9.17) is 22.1 Å². The molecule has 0 aliphatic carbocycles. The fourth-order valence-corrected chi connectivity index (χ4v) is 3.29. The standard InChI is InChI=1S/C15H22ClNO/c1-14(2)11-15(7-9-17,8-10-18-14)12-3-5-13(16)6-4-12/h3-6H,7-11,17H2,1-2H3/t15-/m0/s1. The molecule has 1 aliphatic rings. The molecule has 2 N–H and O–H groups in total. The molecule has 0 amide bonds. The zero-order chi connectivity index (χ0) is 13.2. The highest BCUT2D eigenvalue weighted by Crippen LogP contribution is 2.43. The van der Waals surface area contributed by atoms with Crippen molar-refractivity contribution in [3.8, 4) is 0 Å². The number of nitrogens with two attached hydrogens (primary N) is 1. The highest BCUT2D eigenvalue weighted by atomic mass is 35.5. The lowest BCUT2D eigenvalue weighted by Gasteiger charge is -2.45. The van der Waals surface area contributed by atoms with E-state index in [1.54, 1.807) is 0 Å². The van der Waals surface area contributed by atoms with Crippen molar-refractivity contribution >= 4 is 11.6 Å². The van der Waals surface area contributed by atoms with Crippen LogP contribution in [0.5, 0.6) is 0 Å². The molecule has 1 atom stereocenters. The van der Waals surface area contributed by atoms with Crippen LogP contribution in [0.4, 0.5) is 0 Å². The first-order chi connectivity index (χ1) is 8.47. The average Bonchev–Trinajstić information content (AvgIpc) is 2.28. The molecular formula is C15H22ClNO. The van der Waals surface area contributed by atoms with Gasteiger partial charge in [-0.3, -0.25) is 0 Å². The third-order valence-corrected chi connectivity index (χ3v) is 4.17. The molecular weight excluding hydrogens is 246 g/mol. The highest BCUT2D eigenvalue weighted by molar-refractivity contribution is 6.30. The lowest BCUT2D eigenvalue weighted by atomic mass is 9.67. The summed E-state index contributed by atoms with van der Waals surface area (Å²) in [6.45, 7) is 5.83. The van der Waals surface area contributed by atoms with Crippen molar-refractivity contribution in [2.24, 2.45) is 5.73 Å². The summed E-state index contributed by atoms with van der Waals surface area (Å²) in [5, 5.41) is 0.785. The minimum Gasteiger partial charge on any atom is -0.376 e. The maximum Gasteiger partial charge on any atom is 0.0635 e. The van der Waals surface area contributed by atoms with Crippen LogP contribution in [-0.4, -0.2) is 18.8 Å². The minimum absolute atomic E-state index is 0.0763. The van der Waals surface area contributed by atoms with Crippen LogP contribution in [0.15, 0.2) is 24.3 Å². The Morgan fingerprint density at radius 3 is 2.50 bits per heavy atom. The summed E-state index contributed by atoms with van der Waals surface area (Å²) < 4.78 is 5.85. The number of rotatable bonds is 3. The van der Waals surface area contributed by atoms with E-state index >= 15 is 0 Å². The van der Waals surface area contributed by atoms with E-state index in [-0.39, 0.29) is 11.0 Å². The molecule has 1 fully saturated rings. The second-order valence-corrected chi connectivity index (χ2v) is 6.30. The zero-order valence-corrected chi connectivity index (χ0v) is 12.0. The molecule has 0 radical (unpaired) electrons. The predicted molar refractivity (Wildman–Crippen MR) is 76.1 cm³/mol. The van der Waals surface area contributed by atoms with Gasteiger partial charge in [-0.05, 0) is 57.4 Å². The summed E-state index contributed by atoms with van der Waals surface area (Å²) >= 11 is 5.98. The fourth-order valence-electron chi connectivity index (χ4n) is 3.16. The van der Waals surface area contributed by atoms with Crippen LogP contribution in [-0.2, 0) is 10.2 Å². The van der Waals surface area contributed by atoms with E-state index < -0.39 is 0 Å². The Hall–Kier alpha value is -0.570. The molecule has 1 aliphatic heterocycles. The topological polar surface area (TPSA) is 35.2 Å². The van der Waals surface area contributed by atoms with E-state index in [1.165, 1.54) is 5.56 Å². The maximum absolute atomic E-state index is 5.98. The Kier molecular flexibility index (Phi) is 4.00. The molecule has 0 unspecified atom stereocenters. The summed E-state index contributed by atoms with van der Waals surface area (Å²) in [7, 11) is 0. The lowest BCUT2D eigenvalue weighted by molar-refractivity contribution is -0.0836. The lowest BCUT2D eigenvalue weighted by Crippen LogP contribution is -2.45. The van der Waals surface area contributed by atoms with Gasteiger partial charge in [-0.15, -0.1) is 0 Å². The largest absolute Gasteiger partial charge is 0.376 e. The van der Waals surface area contributed by atoms with E-state index in [9.17, 15) is 0 Å². The maximum atomic E-state index is 5.98. The van der Waals surface area contributed by atoms with Crippen molar-refractivity contribution in [2.75, 3.05) is 13.2 Å². The van der Waals surface area contributed by atoms with Crippen molar-refractivity contribution in [1.29, 1.82) is 0 Å². The van der Waals surface area contributed by atoms with Gasteiger partial charge >= 0.3 is 0 Å². The molecule has 100 valence electrons. The van der Waals surface area contributed by atoms with Crippen molar-refractivity contribution in [3.63, 3.8) is 0 Å². The fraction of sp³-hybridized carbons (Fsp3) is 0.600. The quantitative estimate of drug-likeness (QED) is 0.910. The van der Waals surface area contributed by atoms with Gasteiger partial charge in [-0.2, -0.15) is 0 Å². The van der Waals surface area contributed by atoms with Gasteiger partial charge in [0, 0.05) is 17.0 Å². The molecule has 1 saturated heterocycles. The van der Waals surface area contributed by atoms with Gasteiger partial charge in [0.25, 0.3) is 0 Å². The summed E-state index contributed by atoms with van der Waals surface area (Å²) in [4.78, 5) is 0. The normalized spacial score (nSPS) is 27.1. The molecule has 3 heteroatoms.